The highest BCUT2D eigenvalue weighted by atomic mass is 15.4. The minimum atomic E-state index is 0.216. The molecule has 2 N–H and O–H groups in total. The second kappa shape index (κ2) is 3.62. The van der Waals surface area contributed by atoms with Crippen LogP contribution in [0.4, 0.5) is 5.95 Å². The number of aryl methyl sites for hydroxylation is 2. The van der Waals surface area contributed by atoms with Gasteiger partial charge in [-0.3, -0.25) is 9.25 Å². The fourth-order valence-corrected chi connectivity index (χ4v) is 6.10. The summed E-state index contributed by atoms with van der Waals surface area (Å²) in [7, 11) is 2.02. The van der Waals surface area contributed by atoms with Crippen LogP contribution in [0.3, 0.4) is 0 Å². The van der Waals surface area contributed by atoms with Gasteiger partial charge in [-0.05, 0) is 63.2 Å². The summed E-state index contributed by atoms with van der Waals surface area (Å²) in [6.45, 7) is 2.03. The van der Waals surface area contributed by atoms with Crippen molar-refractivity contribution in [1.29, 1.82) is 0 Å². The fourth-order valence-electron chi connectivity index (χ4n) is 6.10. The third-order valence-corrected chi connectivity index (χ3v) is 6.31. The SMILES string of the molecule is Cc1nn(C)c2c1nc(N)n2C12CC3CC(CC(C3)C1)C2. The predicted octanol–water partition coefficient (Wildman–Crippen LogP) is 2.59. The van der Waals surface area contributed by atoms with Crippen molar-refractivity contribution < 1.29 is 0 Å². The van der Waals surface area contributed by atoms with Crippen molar-refractivity contribution in [2.24, 2.45) is 24.8 Å². The summed E-state index contributed by atoms with van der Waals surface area (Å²) >= 11 is 0. The molecule has 0 aliphatic heterocycles. The van der Waals surface area contributed by atoms with E-state index in [4.69, 9.17) is 5.73 Å². The van der Waals surface area contributed by atoms with E-state index < -0.39 is 0 Å². The summed E-state index contributed by atoms with van der Waals surface area (Å²) in [4.78, 5) is 4.65. The highest BCUT2D eigenvalue weighted by Gasteiger charge is 2.53. The second-order valence-electron chi connectivity index (χ2n) is 7.83. The van der Waals surface area contributed by atoms with E-state index in [9.17, 15) is 0 Å². The zero-order chi connectivity index (χ0) is 14.4. The molecule has 4 saturated carbocycles. The van der Waals surface area contributed by atoms with Gasteiger partial charge in [0.2, 0.25) is 5.95 Å². The number of anilines is 1. The molecule has 21 heavy (non-hydrogen) atoms. The van der Waals surface area contributed by atoms with Crippen LogP contribution in [-0.4, -0.2) is 19.3 Å². The Morgan fingerprint density at radius 3 is 2.24 bits per heavy atom. The molecular weight excluding hydrogens is 262 g/mol. The van der Waals surface area contributed by atoms with Crippen molar-refractivity contribution in [2.45, 2.75) is 51.0 Å². The second-order valence-corrected chi connectivity index (χ2v) is 7.83. The maximum atomic E-state index is 6.37. The van der Waals surface area contributed by atoms with Crippen LogP contribution in [0.5, 0.6) is 0 Å². The number of fused-ring (bicyclic) bond motifs is 1. The number of nitrogen functional groups attached to an aromatic ring is 1. The van der Waals surface area contributed by atoms with Gasteiger partial charge >= 0.3 is 0 Å². The van der Waals surface area contributed by atoms with Crippen molar-refractivity contribution in [3.63, 3.8) is 0 Å². The molecule has 0 amide bonds. The zero-order valence-electron chi connectivity index (χ0n) is 12.8. The van der Waals surface area contributed by atoms with Gasteiger partial charge in [-0.25, -0.2) is 4.98 Å². The van der Waals surface area contributed by atoms with E-state index in [1.807, 2.05) is 18.7 Å². The molecule has 0 spiro atoms. The van der Waals surface area contributed by atoms with E-state index in [0.29, 0.717) is 5.95 Å². The molecular formula is C16H23N5. The summed E-state index contributed by atoms with van der Waals surface area (Å²) in [5, 5.41) is 4.56. The van der Waals surface area contributed by atoms with Crippen LogP contribution < -0.4 is 5.73 Å². The van der Waals surface area contributed by atoms with Crippen molar-refractivity contribution in [1.82, 2.24) is 19.3 Å². The molecule has 2 heterocycles. The highest BCUT2D eigenvalue weighted by Crippen LogP contribution is 2.59. The summed E-state index contributed by atoms with van der Waals surface area (Å²) in [6, 6.07) is 0. The van der Waals surface area contributed by atoms with Crippen LogP contribution >= 0.6 is 0 Å². The molecule has 2 aromatic heterocycles. The maximum absolute atomic E-state index is 6.37. The highest BCUT2D eigenvalue weighted by molar-refractivity contribution is 5.78. The lowest BCUT2D eigenvalue weighted by Crippen LogP contribution is -2.52. The first-order valence-corrected chi connectivity index (χ1v) is 8.24. The van der Waals surface area contributed by atoms with Crippen LogP contribution in [0.15, 0.2) is 0 Å². The number of rotatable bonds is 1. The van der Waals surface area contributed by atoms with Crippen molar-refractivity contribution in [3.8, 4) is 0 Å². The summed E-state index contributed by atoms with van der Waals surface area (Å²) in [5.74, 6) is 3.41. The van der Waals surface area contributed by atoms with Crippen LogP contribution in [-0.2, 0) is 12.6 Å². The van der Waals surface area contributed by atoms with E-state index in [-0.39, 0.29) is 5.54 Å². The minimum Gasteiger partial charge on any atom is -0.369 e. The van der Waals surface area contributed by atoms with Crippen molar-refractivity contribution in [2.75, 3.05) is 5.73 Å². The van der Waals surface area contributed by atoms with E-state index in [1.165, 1.54) is 38.5 Å². The summed E-state index contributed by atoms with van der Waals surface area (Å²) < 4.78 is 4.35. The Bertz CT molecular complexity index is 702. The van der Waals surface area contributed by atoms with Gasteiger partial charge in [0.25, 0.3) is 0 Å². The van der Waals surface area contributed by atoms with E-state index in [0.717, 1.165) is 34.6 Å². The third-order valence-electron chi connectivity index (χ3n) is 6.31. The van der Waals surface area contributed by atoms with E-state index in [2.05, 4.69) is 14.6 Å². The largest absolute Gasteiger partial charge is 0.369 e. The first kappa shape index (κ1) is 12.1. The summed E-state index contributed by atoms with van der Waals surface area (Å²) in [5.41, 5.74) is 9.70. The molecule has 112 valence electrons. The normalized spacial score (nSPS) is 37.7. The number of hydrogen-bond donors (Lipinski definition) is 1. The number of aromatic nitrogens is 4. The van der Waals surface area contributed by atoms with Gasteiger partial charge in [-0.2, -0.15) is 5.10 Å². The number of nitrogens with two attached hydrogens (primary N) is 1. The molecule has 0 aromatic carbocycles. The Balaban J connectivity index is 1.75. The van der Waals surface area contributed by atoms with E-state index >= 15 is 0 Å². The third kappa shape index (κ3) is 1.42. The Hall–Kier alpha value is -1.52. The topological polar surface area (TPSA) is 61.7 Å². The van der Waals surface area contributed by atoms with Crippen LogP contribution in [0.1, 0.15) is 44.2 Å². The molecule has 5 nitrogen and oxygen atoms in total. The molecule has 0 atom stereocenters. The quantitative estimate of drug-likeness (QED) is 0.876. The first-order chi connectivity index (χ1) is 10.1. The molecule has 0 saturated heterocycles. The lowest BCUT2D eigenvalue weighted by molar-refractivity contribution is -0.0403. The molecule has 4 aliphatic rings. The summed E-state index contributed by atoms with van der Waals surface area (Å²) in [6.07, 6.45) is 8.21. The number of imidazole rings is 1. The number of hydrogen-bond acceptors (Lipinski definition) is 3. The molecule has 0 unspecified atom stereocenters. The van der Waals surface area contributed by atoms with Gasteiger partial charge in [0, 0.05) is 7.05 Å². The van der Waals surface area contributed by atoms with Gasteiger partial charge < -0.3 is 5.73 Å². The smallest absolute Gasteiger partial charge is 0.203 e. The van der Waals surface area contributed by atoms with Crippen molar-refractivity contribution in [3.05, 3.63) is 5.69 Å². The average Bonchev–Trinajstić information content (AvgIpc) is 2.86. The van der Waals surface area contributed by atoms with Crippen LogP contribution in [0, 0.1) is 24.7 Å². The zero-order valence-corrected chi connectivity index (χ0v) is 12.8. The van der Waals surface area contributed by atoms with Gasteiger partial charge in [0.15, 0.2) is 5.65 Å². The van der Waals surface area contributed by atoms with Gasteiger partial charge in [-0.1, -0.05) is 0 Å². The number of nitrogens with zero attached hydrogens (tertiary/aromatic N) is 4. The molecule has 2 aromatic rings. The first-order valence-electron chi connectivity index (χ1n) is 8.24. The monoisotopic (exact) mass is 285 g/mol. The van der Waals surface area contributed by atoms with Crippen molar-refractivity contribution >= 4 is 17.1 Å². The lowest BCUT2D eigenvalue weighted by Gasteiger charge is -2.57. The molecule has 4 bridgehead atoms. The van der Waals surface area contributed by atoms with Crippen LogP contribution in [0.25, 0.3) is 11.2 Å². The molecule has 4 fully saturated rings. The predicted molar refractivity (Wildman–Crippen MR) is 81.8 cm³/mol. The molecule has 0 radical (unpaired) electrons. The molecule has 5 heteroatoms. The Kier molecular flexibility index (Phi) is 2.08. The average molecular weight is 285 g/mol. The Morgan fingerprint density at radius 1 is 1.10 bits per heavy atom. The Labute approximate surface area is 124 Å². The van der Waals surface area contributed by atoms with Gasteiger partial charge in [0.05, 0.1) is 11.2 Å². The van der Waals surface area contributed by atoms with Gasteiger partial charge in [0.1, 0.15) is 5.52 Å². The standard InChI is InChI=1S/C16H23N5/c1-9-13-14(20(2)19-9)21(15(17)18-13)16-6-10-3-11(7-16)5-12(4-10)8-16/h10-12H,3-8H2,1-2H3,(H2,17,18). The fraction of sp³-hybridized carbons (Fsp3) is 0.750. The molecule has 6 rings (SSSR count). The lowest BCUT2D eigenvalue weighted by atomic mass is 9.53. The Morgan fingerprint density at radius 2 is 1.67 bits per heavy atom. The van der Waals surface area contributed by atoms with Gasteiger partial charge in [-0.15, -0.1) is 0 Å². The maximum Gasteiger partial charge on any atom is 0.203 e. The minimum absolute atomic E-state index is 0.216. The van der Waals surface area contributed by atoms with Crippen LogP contribution in [0.2, 0.25) is 0 Å². The van der Waals surface area contributed by atoms with E-state index in [1.54, 1.807) is 0 Å². The molecule has 4 aliphatic carbocycles.